The van der Waals surface area contributed by atoms with Gasteiger partial charge in [0.15, 0.2) is 0 Å². The lowest BCUT2D eigenvalue weighted by molar-refractivity contribution is 0.361. The molecule has 0 atom stereocenters. The summed E-state index contributed by atoms with van der Waals surface area (Å²) in [7, 11) is 0. The van der Waals surface area contributed by atoms with Crippen LogP contribution in [0.4, 0.5) is 0 Å². The Morgan fingerprint density at radius 3 is 1.30 bits per heavy atom. The van der Waals surface area contributed by atoms with Crippen molar-refractivity contribution in [3.8, 4) is 0 Å². The van der Waals surface area contributed by atoms with E-state index in [1.54, 1.807) is 0 Å². The highest BCUT2D eigenvalue weighted by Crippen LogP contribution is 2.26. The molecule has 6 N–H and O–H groups in total. The first kappa shape index (κ1) is 31.4. The first-order valence-electron chi connectivity index (χ1n) is 6.52. The molecule has 0 radical (unpaired) electrons. The van der Waals surface area contributed by atoms with Crippen LogP contribution in [0.3, 0.4) is 0 Å². The highest BCUT2D eigenvalue weighted by atomic mass is 32.5. The molecule has 23 heavy (non-hydrogen) atoms. The van der Waals surface area contributed by atoms with E-state index in [1.165, 1.54) is 12.0 Å². The van der Waals surface area contributed by atoms with Crippen molar-refractivity contribution < 1.29 is 29.4 Å². The molecule has 0 aromatic heterocycles. The first-order chi connectivity index (χ1) is 10.2. The van der Waals surface area contributed by atoms with Crippen LogP contribution in [0.5, 0.6) is 0 Å². The molecule has 0 spiro atoms. The van der Waals surface area contributed by atoms with E-state index in [2.05, 4.69) is 63.1 Å². The van der Waals surface area contributed by atoms with Crippen molar-refractivity contribution >= 4 is 49.7 Å². The summed E-state index contributed by atoms with van der Waals surface area (Å²) in [5.41, 5.74) is 1.26. The van der Waals surface area contributed by atoms with E-state index in [0.29, 0.717) is 0 Å². The Bertz CT molecular complexity index is 408. The summed E-state index contributed by atoms with van der Waals surface area (Å²) in [6, 6.07) is 8.05. The lowest BCUT2D eigenvalue weighted by Crippen LogP contribution is -1.67. The number of rotatable bonds is 0. The van der Waals surface area contributed by atoms with Gasteiger partial charge in [-0.1, -0.05) is 51.8 Å². The van der Waals surface area contributed by atoms with Crippen molar-refractivity contribution in [1.29, 1.82) is 0 Å². The number of hydrogen-bond donors (Lipinski definition) is 7. The minimum Gasteiger partial charge on any atom is -0.325 e. The fourth-order valence-electron chi connectivity index (χ4n) is 0.628. The molecule has 1 aromatic rings. The Kier molecular flexibility index (Phi) is 25.9. The van der Waals surface area contributed by atoms with Gasteiger partial charge in [-0.3, -0.25) is 0 Å². The topological polar surface area (TPSA) is 121 Å². The van der Waals surface area contributed by atoms with Gasteiger partial charge in [0, 0.05) is 4.90 Å². The molecule has 6 nitrogen and oxygen atoms in total. The van der Waals surface area contributed by atoms with E-state index in [-0.39, 0.29) is 0 Å². The molecule has 0 aliphatic heterocycles. The molecule has 0 aliphatic carbocycles. The smallest absolute Gasteiger partial charge is 0.319 e. The molecular weight excluding hydrogens is 398 g/mol. The summed E-state index contributed by atoms with van der Waals surface area (Å²) < 4.78 is 0. The van der Waals surface area contributed by atoms with Crippen LogP contribution < -0.4 is 0 Å². The monoisotopic (exact) mass is 426 g/mol. The van der Waals surface area contributed by atoms with Crippen LogP contribution in [0.1, 0.15) is 39.7 Å². The number of hydrogen-bond acceptors (Lipinski definition) is 3. The highest BCUT2D eigenvalue weighted by molar-refractivity contribution is 8.06. The first-order valence-corrected chi connectivity index (χ1v) is 12.3. The van der Waals surface area contributed by atoms with Crippen LogP contribution in [0.25, 0.3) is 0 Å². The summed E-state index contributed by atoms with van der Waals surface area (Å²) in [4.78, 5) is 46.4. The maximum atomic E-state index is 7.56. The Hall–Kier alpha value is 0.630. The lowest BCUT2D eigenvalue weighted by atomic mass is 10.2. The van der Waals surface area contributed by atoms with Crippen LogP contribution in [0.15, 0.2) is 29.2 Å². The van der Waals surface area contributed by atoms with Gasteiger partial charge in [0.2, 0.25) is 0 Å². The minimum atomic E-state index is -3.81. The Balaban J connectivity index is -0.000000107. The molecule has 0 unspecified atom stereocenters. The zero-order valence-electron chi connectivity index (χ0n) is 13.9. The van der Waals surface area contributed by atoms with Gasteiger partial charge < -0.3 is 29.4 Å². The van der Waals surface area contributed by atoms with Crippen LogP contribution in [-0.2, 0) is 23.6 Å². The third kappa shape index (κ3) is 85.2. The number of aryl methyl sites for hydroxylation is 1. The third-order valence-corrected chi connectivity index (χ3v) is 1.28. The van der Waals surface area contributed by atoms with Gasteiger partial charge in [-0.25, -0.2) is 0 Å². The Morgan fingerprint density at radius 1 is 0.913 bits per heavy atom. The second-order valence-electron chi connectivity index (χ2n) is 3.57. The maximum Gasteiger partial charge on any atom is 0.319 e. The van der Waals surface area contributed by atoms with Gasteiger partial charge >= 0.3 is 13.4 Å². The SMILES string of the molecule is CC.CCC.Cc1cccc(S)c1.OP(O)(O)=S.OP(O)(O)=S. The summed E-state index contributed by atoms with van der Waals surface area (Å²) >= 11 is 11.4. The predicted molar refractivity (Wildman–Crippen MR) is 108 cm³/mol. The average molecular weight is 426 g/mol. The molecule has 0 bridgehead atoms. The van der Waals surface area contributed by atoms with Gasteiger partial charge in [-0.15, -0.1) is 12.6 Å². The number of benzene rings is 1. The average Bonchev–Trinajstić information content (AvgIpc) is 2.27. The normalized spacial score (nSPS) is 9.39. The molecule has 11 heteroatoms. The second kappa shape index (κ2) is 19.0. The van der Waals surface area contributed by atoms with Gasteiger partial charge in [-0.2, -0.15) is 0 Å². The van der Waals surface area contributed by atoms with Crippen molar-refractivity contribution in [1.82, 2.24) is 0 Å². The van der Waals surface area contributed by atoms with Crippen molar-refractivity contribution in [2.75, 3.05) is 0 Å². The summed E-state index contributed by atoms with van der Waals surface area (Å²) in [5, 5.41) is 0. The molecule has 140 valence electrons. The predicted octanol–water partition coefficient (Wildman–Crippen LogP) is 3.10. The molecule has 1 aromatic carbocycles. The van der Waals surface area contributed by atoms with E-state index in [4.69, 9.17) is 29.4 Å². The van der Waals surface area contributed by atoms with Crippen LogP contribution >= 0.6 is 26.1 Å². The van der Waals surface area contributed by atoms with Gasteiger partial charge in [-0.05, 0) is 42.7 Å². The van der Waals surface area contributed by atoms with Crippen molar-refractivity contribution in [2.24, 2.45) is 0 Å². The number of thiol groups is 1. The molecule has 0 amide bonds. The zero-order chi connectivity index (χ0) is 19.7. The van der Waals surface area contributed by atoms with Crippen molar-refractivity contribution in [3.05, 3.63) is 29.8 Å². The molecule has 0 heterocycles. The van der Waals surface area contributed by atoms with E-state index >= 15 is 0 Å². The standard InChI is InChI=1S/C7H8S.C3H8.C2H6.2H3O3PS/c1-6-3-2-4-7(8)5-6;1-3-2;1-2;2*1-4(2,3)5/h2-5,8H,1H3;3H2,1-2H3;1-2H3;2*(H3,1,2,3,5). The van der Waals surface area contributed by atoms with E-state index in [1.807, 2.05) is 32.0 Å². The molecule has 0 aliphatic rings. The Labute approximate surface area is 154 Å². The van der Waals surface area contributed by atoms with Crippen molar-refractivity contribution in [3.63, 3.8) is 0 Å². The van der Waals surface area contributed by atoms with Crippen molar-refractivity contribution in [2.45, 2.75) is 45.9 Å². The summed E-state index contributed by atoms with van der Waals surface area (Å²) in [6.07, 6.45) is 1.25. The van der Waals surface area contributed by atoms with Gasteiger partial charge in [0.05, 0.1) is 0 Å². The van der Waals surface area contributed by atoms with E-state index in [9.17, 15) is 0 Å². The minimum absolute atomic E-state index is 1.03. The summed E-state index contributed by atoms with van der Waals surface area (Å²) in [5.74, 6) is 0. The lowest BCUT2D eigenvalue weighted by Gasteiger charge is -1.89. The second-order valence-corrected chi connectivity index (χ2v) is 9.08. The molecule has 0 saturated heterocycles. The zero-order valence-corrected chi connectivity index (χ0v) is 18.2. The summed E-state index contributed by atoms with van der Waals surface area (Å²) in [6.45, 7) is 2.69. The largest absolute Gasteiger partial charge is 0.325 e. The molecule has 0 fully saturated rings. The molecule has 0 saturated carbocycles. The van der Waals surface area contributed by atoms with Crippen LogP contribution in [-0.4, -0.2) is 29.4 Å². The maximum absolute atomic E-state index is 7.56. The highest BCUT2D eigenvalue weighted by Gasteiger charge is 1.92. The molecular formula is C12H28O6P2S3. The van der Waals surface area contributed by atoms with Crippen LogP contribution in [0.2, 0.25) is 0 Å². The van der Waals surface area contributed by atoms with Gasteiger partial charge in [0.25, 0.3) is 0 Å². The third-order valence-electron chi connectivity index (χ3n) is 1.00. The van der Waals surface area contributed by atoms with Crippen LogP contribution in [0, 0.1) is 6.92 Å². The quantitative estimate of drug-likeness (QED) is 0.250. The fourth-order valence-corrected chi connectivity index (χ4v) is 0.918. The van der Waals surface area contributed by atoms with E-state index < -0.39 is 13.4 Å². The van der Waals surface area contributed by atoms with Gasteiger partial charge in [0.1, 0.15) is 0 Å². The van der Waals surface area contributed by atoms with E-state index in [0.717, 1.165) is 4.90 Å². The molecule has 1 rings (SSSR count). The Morgan fingerprint density at radius 2 is 1.17 bits per heavy atom. The fraction of sp³-hybridized carbons (Fsp3) is 0.500.